The quantitative estimate of drug-likeness (QED) is 0.193. The number of carboxylic acids is 1. The van der Waals surface area contributed by atoms with Gasteiger partial charge in [-0.2, -0.15) is 0 Å². The summed E-state index contributed by atoms with van der Waals surface area (Å²) in [5.41, 5.74) is 8.03. The second-order valence-electron chi connectivity index (χ2n) is 13.0. The maximum Gasteiger partial charge on any atom is 0.336 e. The van der Waals surface area contributed by atoms with Crippen LogP contribution in [0.4, 0.5) is 5.69 Å². The number of carbonyl (C=O) groups is 2. The van der Waals surface area contributed by atoms with E-state index < -0.39 is 5.97 Å². The largest absolute Gasteiger partial charge is 0.478 e. The summed E-state index contributed by atoms with van der Waals surface area (Å²) in [4.78, 5) is 33.1. The maximum absolute atomic E-state index is 14.4. The van der Waals surface area contributed by atoms with Gasteiger partial charge in [0.2, 0.25) is 0 Å². The zero-order valence-corrected chi connectivity index (χ0v) is 28.0. The molecule has 1 amide bonds. The van der Waals surface area contributed by atoms with Gasteiger partial charge in [0.1, 0.15) is 0 Å². The van der Waals surface area contributed by atoms with E-state index >= 15 is 0 Å². The normalized spacial score (nSPS) is 15.2. The number of carboxylic acid groups (broad SMARTS) is 1. The monoisotopic (exact) mass is 658 g/mol. The predicted molar refractivity (Wildman–Crippen MR) is 192 cm³/mol. The van der Waals surface area contributed by atoms with Gasteiger partial charge in [0.05, 0.1) is 22.7 Å². The standard InChI is InChI=1S/C40H39ClN4O3/c1-42(2)29-19-21-43(22-20-29)25-30-16-17-31-26-45(38-14-8-3-9-28(38)24-44(30)31)39(46)36-18-15-27(23-37(36)41)32-10-4-5-11-33(32)34-12-6-7-13-35(34)40(47)48/h3-18,23,29H,19-22,24-26H2,1-2H3,(H,47,48). The Kier molecular flexibility index (Phi) is 8.92. The van der Waals surface area contributed by atoms with Crippen molar-refractivity contribution >= 4 is 29.2 Å². The number of carbonyl (C=O) groups excluding carboxylic acids is 1. The number of aromatic nitrogens is 1. The number of aromatic carboxylic acids is 1. The second-order valence-corrected chi connectivity index (χ2v) is 13.4. The zero-order valence-electron chi connectivity index (χ0n) is 27.3. The number of halogens is 1. The Morgan fingerprint density at radius 3 is 2.21 bits per heavy atom. The number of anilines is 1. The number of likely N-dealkylation sites (tertiary alicyclic amines) is 1. The lowest BCUT2D eigenvalue weighted by atomic mass is 9.91. The lowest BCUT2D eigenvalue weighted by Gasteiger charge is -2.35. The molecule has 0 atom stereocenters. The molecule has 8 heteroatoms. The number of hydrogen-bond donors (Lipinski definition) is 1. The van der Waals surface area contributed by atoms with Crippen LogP contribution in [0.2, 0.25) is 5.02 Å². The highest BCUT2D eigenvalue weighted by Gasteiger charge is 2.29. The van der Waals surface area contributed by atoms with E-state index in [2.05, 4.69) is 46.7 Å². The van der Waals surface area contributed by atoms with Crippen LogP contribution >= 0.6 is 11.6 Å². The van der Waals surface area contributed by atoms with Crippen LogP contribution in [0, 0.1) is 0 Å². The number of piperidine rings is 1. The lowest BCUT2D eigenvalue weighted by molar-refractivity contribution is 0.0697. The number of hydrogen-bond acceptors (Lipinski definition) is 4. The third-order valence-electron chi connectivity index (χ3n) is 9.90. The molecule has 2 aliphatic rings. The summed E-state index contributed by atoms with van der Waals surface area (Å²) in [7, 11) is 4.34. The van der Waals surface area contributed by atoms with Crippen molar-refractivity contribution in [3.05, 3.63) is 136 Å². The molecule has 5 aromatic rings. The molecule has 1 fully saturated rings. The smallest absolute Gasteiger partial charge is 0.336 e. The van der Waals surface area contributed by atoms with Crippen LogP contribution in [0.15, 0.2) is 103 Å². The predicted octanol–water partition coefficient (Wildman–Crippen LogP) is 7.91. The first-order chi connectivity index (χ1) is 23.3. The molecular weight excluding hydrogens is 620 g/mol. The van der Waals surface area contributed by atoms with Crippen molar-refractivity contribution in [3.63, 3.8) is 0 Å². The van der Waals surface area contributed by atoms with Gasteiger partial charge in [0.15, 0.2) is 0 Å². The second kappa shape index (κ2) is 13.4. The molecule has 2 aliphatic heterocycles. The van der Waals surface area contributed by atoms with Crippen LogP contribution < -0.4 is 4.90 Å². The van der Waals surface area contributed by atoms with E-state index in [1.165, 1.54) is 18.5 Å². The van der Waals surface area contributed by atoms with Crippen LogP contribution in [0.5, 0.6) is 0 Å². The molecule has 0 spiro atoms. The molecule has 7 nitrogen and oxygen atoms in total. The third kappa shape index (κ3) is 6.17. The van der Waals surface area contributed by atoms with Gasteiger partial charge in [-0.15, -0.1) is 0 Å². The molecule has 3 heterocycles. The number of para-hydroxylation sites is 1. The summed E-state index contributed by atoms with van der Waals surface area (Å²) in [5.74, 6) is -1.15. The number of amides is 1. The summed E-state index contributed by atoms with van der Waals surface area (Å²) in [6.07, 6.45) is 2.35. The van der Waals surface area contributed by atoms with E-state index in [9.17, 15) is 14.7 Å². The molecule has 244 valence electrons. The Labute approximate surface area is 286 Å². The van der Waals surface area contributed by atoms with Crippen molar-refractivity contribution in [3.8, 4) is 22.3 Å². The molecule has 0 saturated carbocycles. The van der Waals surface area contributed by atoms with Gasteiger partial charge >= 0.3 is 5.97 Å². The van der Waals surface area contributed by atoms with Gasteiger partial charge < -0.3 is 19.5 Å². The minimum atomic E-state index is -0.986. The minimum absolute atomic E-state index is 0.162. The Balaban J connectivity index is 1.18. The molecule has 4 aromatic carbocycles. The van der Waals surface area contributed by atoms with Gasteiger partial charge in [0, 0.05) is 49.3 Å². The Bertz CT molecular complexity index is 1990. The summed E-state index contributed by atoms with van der Waals surface area (Å²) in [6, 6.07) is 33.3. The van der Waals surface area contributed by atoms with E-state index in [4.69, 9.17) is 11.6 Å². The van der Waals surface area contributed by atoms with Gasteiger partial charge in [-0.1, -0.05) is 78.3 Å². The van der Waals surface area contributed by atoms with Crippen molar-refractivity contribution < 1.29 is 14.7 Å². The van der Waals surface area contributed by atoms with Crippen molar-refractivity contribution in [2.75, 3.05) is 32.1 Å². The highest BCUT2D eigenvalue weighted by Crippen LogP contribution is 2.37. The van der Waals surface area contributed by atoms with Gasteiger partial charge in [0.25, 0.3) is 5.91 Å². The first-order valence-electron chi connectivity index (χ1n) is 16.5. The van der Waals surface area contributed by atoms with E-state index in [-0.39, 0.29) is 11.5 Å². The fourth-order valence-electron chi connectivity index (χ4n) is 7.24. The number of nitrogens with zero attached hydrogens (tertiary/aromatic N) is 4. The van der Waals surface area contributed by atoms with Crippen molar-refractivity contribution in [1.82, 2.24) is 14.4 Å². The summed E-state index contributed by atoms with van der Waals surface area (Å²) in [5, 5.41) is 10.2. The average Bonchev–Trinajstić information content (AvgIpc) is 3.38. The molecule has 1 aromatic heterocycles. The topological polar surface area (TPSA) is 69.0 Å². The first-order valence-corrected chi connectivity index (χ1v) is 16.8. The lowest BCUT2D eigenvalue weighted by Crippen LogP contribution is -2.41. The van der Waals surface area contributed by atoms with Crippen LogP contribution in [-0.2, 0) is 19.6 Å². The average molecular weight is 659 g/mol. The number of rotatable bonds is 7. The third-order valence-corrected chi connectivity index (χ3v) is 10.2. The Morgan fingerprint density at radius 1 is 0.792 bits per heavy atom. The fraction of sp³-hybridized carbons (Fsp3) is 0.250. The Morgan fingerprint density at radius 2 is 1.48 bits per heavy atom. The fourth-order valence-corrected chi connectivity index (χ4v) is 7.50. The molecule has 0 unspecified atom stereocenters. The van der Waals surface area contributed by atoms with Crippen LogP contribution in [0.3, 0.4) is 0 Å². The summed E-state index contributed by atoms with van der Waals surface area (Å²) >= 11 is 6.93. The summed E-state index contributed by atoms with van der Waals surface area (Å²) in [6.45, 7) is 4.19. The van der Waals surface area contributed by atoms with Crippen LogP contribution in [0.1, 0.15) is 50.5 Å². The zero-order chi connectivity index (χ0) is 33.4. The minimum Gasteiger partial charge on any atom is -0.478 e. The molecule has 0 bridgehead atoms. The van der Waals surface area contributed by atoms with Gasteiger partial charge in [-0.3, -0.25) is 9.69 Å². The Hall–Kier alpha value is -4.69. The van der Waals surface area contributed by atoms with Crippen molar-refractivity contribution in [2.24, 2.45) is 0 Å². The number of fused-ring (bicyclic) bond motifs is 2. The van der Waals surface area contributed by atoms with Crippen molar-refractivity contribution in [2.45, 2.75) is 38.5 Å². The van der Waals surface area contributed by atoms with E-state index in [1.807, 2.05) is 65.6 Å². The number of benzene rings is 4. The highest BCUT2D eigenvalue weighted by molar-refractivity contribution is 6.35. The van der Waals surface area contributed by atoms with Crippen LogP contribution in [0.25, 0.3) is 22.3 Å². The molecule has 1 N–H and O–H groups in total. The van der Waals surface area contributed by atoms with Crippen molar-refractivity contribution in [1.29, 1.82) is 0 Å². The summed E-state index contributed by atoms with van der Waals surface area (Å²) < 4.78 is 2.38. The van der Waals surface area contributed by atoms with Gasteiger partial charge in [-0.25, -0.2) is 4.79 Å². The maximum atomic E-state index is 14.4. The van der Waals surface area contributed by atoms with E-state index in [1.54, 1.807) is 24.3 Å². The van der Waals surface area contributed by atoms with E-state index in [0.717, 1.165) is 53.3 Å². The molecule has 7 rings (SSSR count). The SMILES string of the molecule is CN(C)C1CCN(Cc2ccc3n2Cc2ccccc2N(C(=O)c2ccc(-c4ccccc4-c4ccccc4C(=O)O)cc2Cl)C3)CC1. The highest BCUT2D eigenvalue weighted by atomic mass is 35.5. The first kappa shape index (κ1) is 31.9. The molecular formula is C40H39ClN4O3. The molecule has 0 radical (unpaired) electrons. The van der Waals surface area contributed by atoms with Crippen LogP contribution in [-0.4, -0.2) is 64.6 Å². The molecule has 48 heavy (non-hydrogen) atoms. The van der Waals surface area contributed by atoms with E-state index in [0.29, 0.717) is 35.3 Å². The molecule has 1 saturated heterocycles. The molecule has 0 aliphatic carbocycles. The van der Waals surface area contributed by atoms with Gasteiger partial charge in [-0.05, 0) is 91.2 Å².